The van der Waals surface area contributed by atoms with Crippen molar-refractivity contribution in [3.8, 4) is 11.5 Å². The van der Waals surface area contributed by atoms with Crippen LogP contribution in [0.15, 0.2) is 35.7 Å². The monoisotopic (exact) mass is 278 g/mol. The Morgan fingerprint density at radius 2 is 1.79 bits per heavy atom. The number of hydrogen-bond acceptors (Lipinski definition) is 5. The fourth-order valence-electron chi connectivity index (χ4n) is 1.36. The van der Waals surface area contributed by atoms with Gasteiger partial charge in [-0.1, -0.05) is 12.1 Å². The molecule has 0 aliphatic carbocycles. The Balaban J connectivity index is 0.000000218. The molecule has 100 valence electrons. The van der Waals surface area contributed by atoms with Gasteiger partial charge in [0, 0.05) is 0 Å². The molecule has 0 aliphatic heterocycles. The van der Waals surface area contributed by atoms with E-state index in [9.17, 15) is 9.59 Å². The Morgan fingerprint density at radius 1 is 1.00 bits per heavy atom. The molecule has 0 amide bonds. The molecule has 0 fully saturated rings. The zero-order valence-corrected chi connectivity index (χ0v) is 11.5. The second-order valence-corrected chi connectivity index (χ2v) is 4.31. The summed E-state index contributed by atoms with van der Waals surface area (Å²) < 4.78 is 10.00. The zero-order valence-electron chi connectivity index (χ0n) is 10.7. The minimum Gasteiger partial charge on any atom is -0.493 e. The van der Waals surface area contributed by atoms with Crippen LogP contribution in [-0.2, 0) is 0 Å². The van der Waals surface area contributed by atoms with Crippen molar-refractivity contribution in [2.45, 2.75) is 0 Å². The van der Waals surface area contributed by atoms with E-state index >= 15 is 0 Å². The van der Waals surface area contributed by atoms with E-state index in [-0.39, 0.29) is 0 Å². The van der Waals surface area contributed by atoms with Crippen LogP contribution in [0, 0.1) is 0 Å². The lowest BCUT2D eigenvalue weighted by Crippen LogP contribution is -1.94. The van der Waals surface area contributed by atoms with Crippen molar-refractivity contribution in [3.05, 3.63) is 46.2 Å². The predicted molar refractivity (Wildman–Crippen MR) is 74.6 cm³/mol. The molecule has 1 aromatic heterocycles. The maximum atomic E-state index is 10.5. The maximum absolute atomic E-state index is 10.5. The summed E-state index contributed by atoms with van der Waals surface area (Å²) in [5.74, 6) is 1.05. The number of carbonyl (C=O) groups excluding carboxylic acids is 2. The average molecular weight is 278 g/mol. The molecule has 0 radical (unpaired) electrons. The first-order valence-corrected chi connectivity index (χ1v) is 6.29. The highest BCUT2D eigenvalue weighted by molar-refractivity contribution is 7.11. The molecule has 0 N–H and O–H groups in total. The van der Waals surface area contributed by atoms with Gasteiger partial charge in [0.25, 0.3) is 0 Å². The van der Waals surface area contributed by atoms with Gasteiger partial charge >= 0.3 is 0 Å². The fourth-order valence-corrected chi connectivity index (χ4v) is 1.89. The van der Waals surface area contributed by atoms with Crippen LogP contribution >= 0.6 is 11.3 Å². The molecular weight excluding hydrogens is 264 g/mol. The van der Waals surface area contributed by atoms with Crippen LogP contribution in [0.25, 0.3) is 0 Å². The van der Waals surface area contributed by atoms with Crippen molar-refractivity contribution in [2.75, 3.05) is 14.2 Å². The van der Waals surface area contributed by atoms with Crippen molar-refractivity contribution in [1.82, 2.24) is 0 Å². The zero-order chi connectivity index (χ0) is 14.1. The highest BCUT2D eigenvalue weighted by Gasteiger charge is 2.07. The van der Waals surface area contributed by atoms with Crippen LogP contribution in [0.2, 0.25) is 0 Å². The summed E-state index contributed by atoms with van der Waals surface area (Å²) in [5.41, 5.74) is 0.497. The SMILES string of the molecule is COc1cccc(C=O)c1OC.O=Cc1cccs1. The molecule has 19 heavy (non-hydrogen) atoms. The van der Waals surface area contributed by atoms with Crippen LogP contribution in [0.5, 0.6) is 11.5 Å². The molecule has 0 saturated heterocycles. The van der Waals surface area contributed by atoms with E-state index in [0.29, 0.717) is 17.1 Å². The number of rotatable bonds is 4. The molecule has 0 saturated carbocycles. The molecule has 0 spiro atoms. The summed E-state index contributed by atoms with van der Waals surface area (Å²) in [7, 11) is 3.04. The van der Waals surface area contributed by atoms with E-state index in [0.717, 1.165) is 17.4 Å². The number of aldehydes is 2. The molecule has 0 atom stereocenters. The summed E-state index contributed by atoms with van der Waals surface area (Å²) in [5, 5.41) is 1.88. The lowest BCUT2D eigenvalue weighted by atomic mass is 10.2. The minimum absolute atomic E-state index is 0.481. The molecule has 0 unspecified atom stereocenters. The van der Waals surface area contributed by atoms with Gasteiger partial charge in [0.1, 0.15) is 0 Å². The summed E-state index contributed by atoms with van der Waals surface area (Å²) in [4.78, 5) is 21.2. The standard InChI is InChI=1S/C9H10O3.C5H4OS/c1-11-8-5-3-4-7(6-10)9(8)12-2;6-4-5-2-1-3-7-5/h3-6H,1-2H3;1-4H. The first kappa shape index (κ1) is 14.9. The van der Waals surface area contributed by atoms with Gasteiger partial charge in [0.2, 0.25) is 0 Å². The van der Waals surface area contributed by atoms with E-state index in [1.165, 1.54) is 25.6 Å². The first-order valence-electron chi connectivity index (χ1n) is 5.41. The highest BCUT2D eigenvalue weighted by atomic mass is 32.1. The molecule has 1 heterocycles. The maximum Gasteiger partial charge on any atom is 0.171 e. The second kappa shape index (κ2) is 8.05. The van der Waals surface area contributed by atoms with Gasteiger partial charge in [-0.2, -0.15) is 0 Å². The topological polar surface area (TPSA) is 52.6 Å². The molecule has 1 aromatic carbocycles. The highest BCUT2D eigenvalue weighted by Crippen LogP contribution is 2.29. The largest absolute Gasteiger partial charge is 0.493 e. The van der Waals surface area contributed by atoms with Crippen LogP contribution in [0.4, 0.5) is 0 Å². The Labute approximate surface area is 115 Å². The summed E-state index contributed by atoms with van der Waals surface area (Å²) in [6.45, 7) is 0. The lowest BCUT2D eigenvalue weighted by Gasteiger charge is -2.07. The summed E-state index contributed by atoms with van der Waals surface area (Å²) in [6, 6.07) is 8.80. The van der Waals surface area contributed by atoms with Gasteiger partial charge in [0.05, 0.1) is 24.7 Å². The average Bonchev–Trinajstić information content (AvgIpc) is 3.00. The smallest absolute Gasteiger partial charge is 0.171 e. The van der Waals surface area contributed by atoms with Gasteiger partial charge in [-0.05, 0) is 23.6 Å². The number of thiophene rings is 1. The second-order valence-electron chi connectivity index (χ2n) is 3.33. The van der Waals surface area contributed by atoms with E-state index in [4.69, 9.17) is 9.47 Å². The normalized spacial score (nSPS) is 8.95. The molecule has 4 nitrogen and oxygen atoms in total. The van der Waals surface area contributed by atoms with E-state index < -0.39 is 0 Å². The first-order chi connectivity index (χ1) is 9.26. The van der Waals surface area contributed by atoms with Crippen molar-refractivity contribution in [2.24, 2.45) is 0 Å². The van der Waals surface area contributed by atoms with Crippen LogP contribution < -0.4 is 9.47 Å². The van der Waals surface area contributed by atoms with Gasteiger partial charge in [-0.25, -0.2) is 0 Å². The Hall–Kier alpha value is -2.14. The molecule has 0 aliphatic rings. The third kappa shape index (κ3) is 4.22. The summed E-state index contributed by atoms with van der Waals surface area (Å²) >= 11 is 1.45. The Morgan fingerprint density at radius 3 is 2.21 bits per heavy atom. The third-order valence-corrected chi connectivity index (χ3v) is 3.02. The molecule has 5 heteroatoms. The summed E-state index contributed by atoms with van der Waals surface area (Å²) in [6.07, 6.45) is 1.59. The van der Waals surface area contributed by atoms with E-state index in [1.807, 2.05) is 11.4 Å². The Kier molecular flexibility index (Phi) is 6.32. The molecule has 0 bridgehead atoms. The number of methoxy groups -OCH3 is 2. The number of benzene rings is 1. The van der Waals surface area contributed by atoms with Crippen LogP contribution in [0.1, 0.15) is 20.0 Å². The van der Waals surface area contributed by atoms with E-state index in [2.05, 4.69) is 0 Å². The van der Waals surface area contributed by atoms with Crippen molar-refractivity contribution < 1.29 is 19.1 Å². The predicted octanol–water partition coefficient (Wildman–Crippen LogP) is 3.08. The minimum atomic E-state index is 0.481. The van der Waals surface area contributed by atoms with Crippen molar-refractivity contribution >= 4 is 23.9 Å². The number of hydrogen-bond donors (Lipinski definition) is 0. The number of carbonyl (C=O) groups is 2. The molecule has 2 rings (SSSR count). The lowest BCUT2D eigenvalue weighted by molar-refractivity contribution is 0.111. The van der Waals surface area contributed by atoms with Gasteiger partial charge in [-0.15, -0.1) is 11.3 Å². The van der Waals surface area contributed by atoms with Crippen LogP contribution in [-0.4, -0.2) is 26.8 Å². The molecular formula is C14H14O4S. The fraction of sp³-hybridized carbons (Fsp3) is 0.143. The van der Waals surface area contributed by atoms with E-state index in [1.54, 1.807) is 24.3 Å². The number of ether oxygens (including phenoxy) is 2. The number of para-hydroxylation sites is 1. The van der Waals surface area contributed by atoms with Crippen molar-refractivity contribution in [1.29, 1.82) is 0 Å². The quantitative estimate of drug-likeness (QED) is 0.806. The van der Waals surface area contributed by atoms with Crippen LogP contribution in [0.3, 0.4) is 0 Å². The van der Waals surface area contributed by atoms with Gasteiger partial charge in [-0.3, -0.25) is 9.59 Å². The Bertz CT molecular complexity index is 520. The van der Waals surface area contributed by atoms with Crippen molar-refractivity contribution in [3.63, 3.8) is 0 Å². The molecule has 2 aromatic rings. The third-order valence-electron chi connectivity index (χ3n) is 2.22. The van der Waals surface area contributed by atoms with Gasteiger partial charge in [0.15, 0.2) is 24.1 Å². The van der Waals surface area contributed by atoms with Gasteiger partial charge < -0.3 is 9.47 Å².